The van der Waals surface area contributed by atoms with Crippen LogP contribution in [0.25, 0.3) is 0 Å². The summed E-state index contributed by atoms with van der Waals surface area (Å²) in [5.74, 6) is 0.977. The first kappa shape index (κ1) is 18.4. The summed E-state index contributed by atoms with van der Waals surface area (Å²) < 4.78 is 0. The van der Waals surface area contributed by atoms with Crippen LogP contribution in [0.5, 0.6) is 0 Å². The Morgan fingerprint density at radius 2 is 1.80 bits per heavy atom. The van der Waals surface area contributed by atoms with Crippen LogP contribution in [-0.2, 0) is 4.79 Å². The Bertz CT molecular complexity index is 726. The molecular weight excluding hydrogens is 316 g/mol. The molecule has 1 heterocycles. The number of rotatable bonds is 7. The fraction of sp³-hybridized carbons (Fsp3) is 0.316. The van der Waals surface area contributed by atoms with Gasteiger partial charge in [-0.05, 0) is 42.7 Å². The predicted molar refractivity (Wildman–Crippen MR) is 101 cm³/mol. The van der Waals surface area contributed by atoms with Gasteiger partial charge in [0.25, 0.3) is 5.91 Å². The van der Waals surface area contributed by atoms with Crippen LogP contribution in [0.15, 0.2) is 42.6 Å². The van der Waals surface area contributed by atoms with Crippen LogP contribution in [-0.4, -0.2) is 23.3 Å². The maximum absolute atomic E-state index is 12.3. The Balaban J connectivity index is 1.95. The third kappa shape index (κ3) is 6.25. The minimum absolute atomic E-state index is 0.159. The predicted octanol–water partition coefficient (Wildman–Crippen LogP) is 3.75. The molecule has 25 heavy (non-hydrogen) atoms. The summed E-state index contributed by atoms with van der Waals surface area (Å²) in [4.78, 5) is 27.7. The molecule has 2 amide bonds. The van der Waals surface area contributed by atoms with Crippen LogP contribution in [0.4, 0.5) is 17.2 Å². The summed E-state index contributed by atoms with van der Waals surface area (Å²) in [5.41, 5.74) is 1.71. The lowest BCUT2D eigenvalue weighted by Gasteiger charge is -2.09. The molecule has 0 saturated carbocycles. The van der Waals surface area contributed by atoms with E-state index < -0.39 is 0 Å². The molecule has 0 unspecified atom stereocenters. The molecule has 1 aromatic carbocycles. The number of pyridine rings is 1. The van der Waals surface area contributed by atoms with Crippen molar-refractivity contribution in [1.29, 1.82) is 0 Å². The first-order valence-corrected chi connectivity index (χ1v) is 8.33. The zero-order chi connectivity index (χ0) is 18.2. The Hall–Kier alpha value is -2.89. The van der Waals surface area contributed by atoms with Gasteiger partial charge in [-0.3, -0.25) is 9.59 Å². The molecule has 0 saturated heterocycles. The normalized spacial score (nSPS) is 10.4. The molecule has 0 radical (unpaired) electrons. The van der Waals surface area contributed by atoms with E-state index in [9.17, 15) is 9.59 Å². The largest absolute Gasteiger partial charge is 0.370 e. The van der Waals surface area contributed by atoms with Crippen molar-refractivity contribution < 1.29 is 9.59 Å². The number of amides is 2. The van der Waals surface area contributed by atoms with Crippen molar-refractivity contribution in [2.45, 2.75) is 27.2 Å². The Morgan fingerprint density at radius 1 is 1.08 bits per heavy atom. The van der Waals surface area contributed by atoms with Crippen molar-refractivity contribution in [2.75, 3.05) is 22.5 Å². The summed E-state index contributed by atoms with van der Waals surface area (Å²) in [6, 6.07) is 10.5. The second-order valence-corrected chi connectivity index (χ2v) is 6.26. The number of hydrogen-bond acceptors (Lipinski definition) is 4. The van der Waals surface area contributed by atoms with E-state index in [-0.39, 0.29) is 11.8 Å². The van der Waals surface area contributed by atoms with E-state index in [4.69, 9.17) is 0 Å². The van der Waals surface area contributed by atoms with Gasteiger partial charge in [0.15, 0.2) is 0 Å². The lowest BCUT2D eigenvalue weighted by atomic mass is 10.1. The van der Waals surface area contributed by atoms with Gasteiger partial charge >= 0.3 is 0 Å². The van der Waals surface area contributed by atoms with Gasteiger partial charge in [0.05, 0.1) is 5.56 Å². The van der Waals surface area contributed by atoms with Crippen molar-refractivity contribution in [2.24, 2.45) is 5.92 Å². The molecule has 6 nitrogen and oxygen atoms in total. The third-order valence-corrected chi connectivity index (χ3v) is 3.49. The van der Waals surface area contributed by atoms with E-state index in [0.717, 1.165) is 18.8 Å². The second-order valence-electron chi connectivity index (χ2n) is 6.26. The third-order valence-electron chi connectivity index (χ3n) is 3.49. The zero-order valence-electron chi connectivity index (χ0n) is 14.8. The van der Waals surface area contributed by atoms with Crippen LogP contribution in [0.1, 0.15) is 37.6 Å². The first-order chi connectivity index (χ1) is 11.9. The van der Waals surface area contributed by atoms with E-state index in [1.165, 1.54) is 6.92 Å². The standard InChI is InChI=1S/C19H24N4O2/c1-13(2)9-10-20-18-8-7-15(12-21-18)19(25)23-17-6-4-5-16(11-17)22-14(3)24/h4-8,11-13H,9-10H2,1-3H3,(H,20,21)(H,22,24)(H,23,25). The zero-order valence-corrected chi connectivity index (χ0v) is 14.8. The van der Waals surface area contributed by atoms with Gasteiger partial charge < -0.3 is 16.0 Å². The number of nitrogens with zero attached hydrogens (tertiary/aromatic N) is 1. The Labute approximate surface area is 148 Å². The highest BCUT2D eigenvalue weighted by Crippen LogP contribution is 2.16. The van der Waals surface area contributed by atoms with Crippen LogP contribution in [0.2, 0.25) is 0 Å². The number of nitrogens with one attached hydrogen (secondary N) is 3. The molecule has 1 aromatic heterocycles. The van der Waals surface area contributed by atoms with Crippen LogP contribution in [0.3, 0.4) is 0 Å². The highest BCUT2D eigenvalue weighted by Gasteiger charge is 2.07. The SMILES string of the molecule is CC(=O)Nc1cccc(NC(=O)c2ccc(NCCC(C)C)nc2)c1. The van der Waals surface area contributed by atoms with Crippen LogP contribution in [0, 0.1) is 5.92 Å². The lowest BCUT2D eigenvalue weighted by molar-refractivity contribution is -0.114. The van der Waals surface area contributed by atoms with Crippen molar-refractivity contribution in [1.82, 2.24) is 4.98 Å². The topological polar surface area (TPSA) is 83.1 Å². The van der Waals surface area contributed by atoms with Crippen molar-refractivity contribution in [3.8, 4) is 0 Å². The quantitative estimate of drug-likeness (QED) is 0.717. The fourth-order valence-corrected chi connectivity index (χ4v) is 2.20. The van der Waals surface area contributed by atoms with E-state index in [0.29, 0.717) is 22.9 Å². The number of aromatic nitrogens is 1. The molecule has 2 aromatic rings. The molecule has 0 spiro atoms. The molecule has 0 aliphatic carbocycles. The Kier molecular flexibility index (Phi) is 6.51. The minimum Gasteiger partial charge on any atom is -0.370 e. The van der Waals surface area contributed by atoms with Crippen molar-refractivity contribution in [3.05, 3.63) is 48.2 Å². The number of anilines is 3. The maximum atomic E-state index is 12.3. The molecule has 0 fully saturated rings. The molecule has 0 aliphatic heterocycles. The lowest BCUT2D eigenvalue weighted by Crippen LogP contribution is -2.13. The van der Waals surface area contributed by atoms with Crippen LogP contribution < -0.4 is 16.0 Å². The minimum atomic E-state index is -0.249. The number of carbonyl (C=O) groups is 2. The van der Waals surface area contributed by atoms with E-state index in [1.807, 2.05) is 0 Å². The maximum Gasteiger partial charge on any atom is 0.257 e. The molecule has 0 bridgehead atoms. The summed E-state index contributed by atoms with van der Waals surface area (Å²) in [6.07, 6.45) is 2.61. The number of hydrogen-bond donors (Lipinski definition) is 3. The van der Waals surface area contributed by atoms with Gasteiger partial charge in [0.1, 0.15) is 5.82 Å². The van der Waals surface area contributed by atoms with E-state index in [1.54, 1.807) is 42.6 Å². The highest BCUT2D eigenvalue weighted by atomic mass is 16.2. The van der Waals surface area contributed by atoms with Gasteiger partial charge in [0, 0.05) is 31.0 Å². The molecule has 3 N–H and O–H groups in total. The number of benzene rings is 1. The molecule has 132 valence electrons. The van der Waals surface area contributed by atoms with Crippen LogP contribution >= 0.6 is 0 Å². The first-order valence-electron chi connectivity index (χ1n) is 8.33. The van der Waals surface area contributed by atoms with Gasteiger partial charge in [0.2, 0.25) is 5.91 Å². The summed E-state index contributed by atoms with van der Waals surface area (Å²) in [6.45, 7) is 6.63. The van der Waals surface area contributed by atoms with Gasteiger partial charge in [-0.25, -0.2) is 4.98 Å². The second kappa shape index (κ2) is 8.82. The van der Waals surface area contributed by atoms with Gasteiger partial charge in [-0.2, -0.15) is 0 Å². The van der Waals surface area contributed by atoms with E-state index in [2.05, 4.69) is 34.8 Å². The molecule has 0 atom stereocenters. The molecule has 0 aliphatic rings. The van der Waals surface area contributed by atoms with Crippen molar-refractivity contribution in [3.63, 3.8) is 0 Å². The van der Waals surface area contributed by atoms with E-state index >= 15 is 0 Å². The van der Waals surface area contributed by atoms with Gasteiger partial charge in [-0.15, -0.1) is 0 Å². The molecular formula is C19H24N4O2. The summed E-state index contributed by atoms with van der Waals surface area (Å²) >= 11 is 0. The fourth-order valence-electron chi connectivity index (χ4n) is 2.20. The monoisotopic (exact) mass is 340 g/mol. The molecule has 2 rings (SSSR count). The van der Waals surface area contributed by atoms with Crippen molar-refractivity contribution >= 4 is 29.0 Å². The van der Waals surface area contributed by atoms with Gasteiger partial charge in [-0.1, -0.05) is 19.9 Å². The molecule has 6 heteroatoms. The summed E-state index contributed by atoms with van der Waals surface area (Å²) in [7, 11) is 0. The smallest absolute Gasteiger partial charge is 0.257 e. The average molecular weight is 340 g/mol. The average Bonchev–Trinajstić information content (AvgIpc) is 2.55. The number of carbonyl (C=O) groups excluding carboxylic acids is 2. The summed E-state index contributed by atoms with van der Waals surface area (Å²) in [5, 5.41) is 8.72. The Morgan fingerprint density at radius 3 is 2.40 bits per heavy atom. The highest BCUT2D eigenvalue weighted by molar-refractivity contribution is 6.04.